The van der Waals surface area contributed by atoms with E-state index in [9.17, 15) is 4.79 Å². The van der Waals surface area contributed by atoms with Gasteiger partial charge in [0.15, 0.2) is 0 Å². The Kier molecular flexibility index (Phi) is 6.58. The van der Waals surface area contributed by atoms with Gasteiger partial charge in [0.1, 0.15) is 17.2 Å². The van der Waals surface area contributed by atoms with Crippen molar-refractivity contribution in [3.05, 3.63) is 75.5 Å². The molecule has 3 aromatic heterocycles. The summed E-state index contributed by atoms with van der Waals surface area (Å²) in [7, 11) is 3.25. The molecule has 0 aliphatic rings. The number of carbonyl (C=O) groups is 1. The molecule has 0 aliphatic carbocycles. The monoisotopic (exact) mass is 499 g/mol. The fraction of sp³-hybridized carbons (Fsp3) is 0.217. The lowest BCUT2D eigenvalue weighted by Gasteiger charge is -2.13. The van der Waals surface area contributed by atoms with Gasteiger partial charge < -0.3 is 19.4 Å². The lowest BCUT2D eigenvalue weighted by atomic mass is 10.2. The van der Waals surface area contributed by atoms with Gasteiger partial charge in [0.2, 0.25) is 0 Å². The highest BCUT2D eigenvalue weighted by atomic mass is 79.9. The second-order valence-electron chi connectivity index (χ2n) is 6.96. The topological polar surface area (TPSA) is 65.4 Å². The Morgan fingerprint density at radius 2 is 1.94 bits per heavy atom. The minimum Gasteiger partial charge on any atom is -0.497 e. The summed E-state index contributed by atoms with van der Waals surface area (Å²) in [6.45, 7) is 1.03. The summed E-state index contributed by atoms with van der Waals surface area (Å²) in [5.74, 6) is 1.31. The van der Waals surface area contributed by atoms with E-state index in [4.69, 9.17) is 9.47 Å². The van der Waals surface area contributed by atoms with Crippen LogP contribution in [0.1, 0.15) is 21.7 Å². The van der Waals surface area contributed by atoms with Crippen molar-refractivity contribution in [3.8, 4) is 11.5 Å². The predicted molar refractivity (Wildman–Crippen MR) is 126 cm³/mol. The molecule has 0 aliphatic heterocycles. The molecule has 0 spiro atoms. The fourth-order valence-corrected chi connectivity index (χ4v) is 5.16. The van der Waals surface area contributed by atoms with Gasteiger partial charge in [0.25, 0.3) is 5.91 Å². The minimum absolute atomic E-state index is 0.110. The molecule has 0 atom stereocenters. The van der Waals surface area contributed by atoms with Gasteiger partial charge in [-0.15, -0.1) is 11.3 Å². The Bertz CT molecular complexity index is 1180. The second-order valence-corrected chi connectivity index (χ2v) is 8.73. The second kappa shape index (κ2) is 9.53. The third-order valence-corrected chi connectivity index (χ3v) is 6.78. The molecular formula is C23H22BrN3O3S. The van der Waals surface area contributed by atoms with Crippen LogP contribution >= 0.6 is 27.3 Å². The normalized spacial score (nSPS) is 10.9. The van der Waals surface area contributed by atoms with Crippen molar-refractivity contribution < 1.29 is 14.3 Å². The van der Waals surface area contributed by atoms with Gasteiger partial charge in [0.05, 0.1) is 28.9 Å². The lowest BCUT2D eigenvalue weighted by molar-refractivity contribution is 0.0945. The van der Waals surface area contributed by atoms with Crippen molar-refractivity contribution in [3.63, 3.8) is 0 Å². The molecule has 160 valence electrons. The van der Waals surface area contributed by atoms with Crippen LogP contribution in [-0.4, -0.2) is 36.2 Å². The van der Waals surface area contributed by atoms with Crippen molar-refractivity contribution in [2.45, 2.75) is 13.0 Å². The first-order chi connectivity index (χ1) is 15.1. The van der Waals surface area contributed by atoms with Crippen molar-refractivity contribution in [2.24, 2.45) is 0 Å². The van der Waals surface area contributed by atoms with Crippen LogP contribution < -0.4 is 14.8 Å². The van der Waals surface area contributed by atoms with Crippen LogP contribution in [-0.2, 0) is 13.0 Å². The van der Waals surface area contributed by atoms with E-state index in [0.29, 0.717) is 36.7 Å². The smallest absolute Gasteiger partial charge is 0.267 e. The molecule has 3 heterocycles. The van der Waals surface area contributed by atoms with Gasteiger partial charge in [-0.25, -0.2) is 0 Å². The molecule has 1 amide bonds. The van der Waals surface area contributed by atoms with E-state index in [0.717, 1.165) is 25.9 Å². The van der Waals surface area contributed by atoms with Crippen molar-refractivity contribution in [1.29, 1.82) is 0 Å². The quantitative estimate of drug-likeness (QED) is 0.374. The zero-order valence-electron chi connectivity index (χ0n) is 17.2. The van der Waals surface area contributed by atoms with E-state index in [1.807, 2.05) is 52.4 Å². The number of pyridine rings is 1. The average Bonchev–Trinajstić information content (AvgIpc) is 3.34. The number of ether oxygens (including phenoxy) is 2. The number of hydrogen-bond acceptors (Lipinski definition) is 5. The highest BCUT2D eigenvalue weighted by Gasteiger charge is 2.19. The van der Waals surface area contributed by atoms with Crippen LogP contribution in [0.4, 0.5) is 0 Å². The lowest BCUT2D eigenvalue weighted by Crippen LogP contribution is -2.28. The van der Waals surface area contributed by atoms with E-state index >= 15 is 0 Å². The zero-order valence-corrected chi connectivity index (χ0v) is 19.6. The van der Waals surface area contributed by atoms with Crippen molar-refractivity contribution in [2.75, 3.05) is 20.8 Å². The number of fused-ring (bicyclic) bond motifs is 1. The number of carbonyl (C=O) groups excluding carboxylic acids is 1. The summed E-state index contributed by atoms with van der Waals surface area (Å²) < 4.78 is 14.9. The molecule has 0 fully saturated rings. The molecule has 4 aromatic rings. The largest absolute Gasteiger partial charge is 0.497 e. The number of benzene rings is 1. The molecule has 31 heavy (non-hydrogen) atoms. The molecule has 0 radical (unpaired) electrons. The van der Waals surface area contributed by atoms with E-state index < -0.39 is 0 Å². The van der Waals surface area contributed by atoms with Crippen molar-refractivity contribution in [1.82, 2.24) is 14.9 Å². The molecule has 0 saturated heterocycles. The van der Waals surface area contributed by atoms with Gasteiger partial charge in [-0.3, -0.25) is 9.78 Å². The van der Waals surface area contributed by atoms with E-state index in [1.54, 1.807) is 31.8 Å². The number of hydrogen-bond donors (Lipinski definition) is 1. The first-order valence-corrected chi connectivity index (χ1v) is 11.4. The maximum absolute atomic E-state index is 13.1. The number of rotatable bonds is 8. The average molecular weight is 500 g/mol. The van der Waals surface area contributed by atoms with Gasteiger partial charge >= 0.3 is 0 Å². The third kappa shape index (κ3) is 4.75. The van der Waals surface area contributed by atoms with Gasteiger partial charge in [-0.1, -0.05) is 6.07 Å². The summed E-state index contributed by atoms with van der Waals surface area (Å²) in [5, 5.41) is 5.07. The molecule has 8 heteroatoms. The Balaban J connectivity index is 1.61. The number of methoxy groups -OCH3 is 2. The zero-order chi connectivity index (χ0) is 21.8. The predicted octanol–water partition coefficient (Wildman–Crippen LogP) is 4.90. The number of nitrogens with zero attached hydrogens (tertiary/aromatic N) is 2. The molecule has 6 nitrogen and oxygen atoms in total. The Labute approximate surface area is 193 Å². The summed E-state index contributed by atoms with van der Waals surface area (Å²) in [6, 6.07) is 13.5. The highest BCUT2D eigenvalue weighted by molar-refractivity contribution is 9.10. The summed E-state index contributed by atoms with van der Waals surface area (Å²) in [4.78, 5) is 17.4. The van der Waals surface area contributed by atoms with Gasteiger partial charge in [-0.05, 0) is 51.8 Å². The summed E-state index contributed by atoms with van der Waals surface area (Å²) in [6.07, 6.45) is 2.44. The molecule has 1 N–H and O–H groups in total. The van der Waals surface area contributed by atoms with Crippen LogP contribution in [0.3, 0.4) is 0 Å². The maximum Gasteiger partial charge on any atom is 0.267 e. The maximum atomic E-state index is 13.1. The van der Waals surface area contributed by atoms with E-state index in [2.05, 4.69) is 26.2 Å². The van der Waals surface area contributed by atoms with Crippen LogP contribution in [0.5, 0.6) is 11.5 Å². The van der Waals surface area contributed by atoms with E-state index in [1.165, 1.54) is 0 Å². The molecule has 0 unspecified atom stereocenters. The van der Waals surface area contributed by atoms with Crippen LogP contribution in [0.15, 0.2) is 58.5 Å². The number of amides is 1. The van der Waals surface area contributed by atoms with Crippen LogP contribution in [0, 0.1) is 0 Å². The molecule has 0 saturated carbocycles. The van der Waals surface area contributed by atoms with Gasteiger partial charge in [0, 0.05) is 42.8 Å². The first-order valence-electron chi connectivity index (χ1n) is 9.75. The Morgan fingerprint density at radius 1 is 1.16 bits per heavy atom. The summed E-state index contributed by atoms with van der Waals surface area (Å²) >= 11 is 5.24. The van der Waals surface area contributed by atoms with Crippen LogP contribution in [0.25, 0.3) is 10.2 Å². The first kappa shape index (κ1) is 21.4. The molecule has 0 bridgehead atoms. The third-order valence-electron chi connectivity index (χ3n) is 4.95. The number of nitrogens with one attached hydrogen (secondary N) is 1. The highest BCUT2D eigenvalue weighted by Crippen LogP contribution is 2.34. The molecular weight excluding hydrogens is 478 g/mol. The number of thiophene rings is 1. The standard InChI is InChI=1S/C23H22BrN3O3S/c1-29-17-9-15(10-18(11-17)30-2)13-27-20(12-21-22(27)19(24)14-31-21)23(28)26-8-6-16-5-3-4-7-25-16/h3-5,7,9-12,14H,6,8,13H2,1-2H3,(H,26,28). The van der Waals surface area contributed by atoms with Crippen molar-refractivity contribution >= 4 is 43.4 Å². The van der Waals surface area contributed by atoms with Gasteiger partial charge in [-0.2, -0.15) is 0 Å². The SMILES string of the molecule is COc1cc(Cn2c(C(=O)NCCc3ccccn3)cc3scc(Br)c32)cc(OC)c1. The Hall–Kier alpha value is -2.84. The van der Waals surface area contributed by atoms with E-state index in [-0.39, 0.29) is 5.91 Å². The Morgan fingerprint density at radius 3 is 2.61 bits per heavy atom. The van der Waals surface area contributed by atoms with Crippen LogP contribution in [0.2, 0.25) is 0 Å². The molecule has 4 rings (SSSR count). The fourth-order valence-electron chi connectivity index (χ4n) is 3.46. The molecule has 1 aromatic carbocycles. The minimum atomic E-state index is -0.110. The number of halogens is 1. The number of aromatic nitrogens is 2. The summed E-state index contributed by atoms with van der Waals surface area (Å²) in [5.41, 5.74) is 3.55.